The van der Waals surface area contributed by atoms with Crippen molar-refractivity contribution in [2.24, 2.45) is 0 Å². The van der Waals surface area contributed by atoms with E-state index in [1.54, 1.807) is 6.92 Å². The summed E-state index contributed by atoms with van der Waals surface area (Å²) in [6.45, 7) is 2.77. The molecule has 0 radical (unpaired) electrons. The third-order valence-electron chi connectivity index (χ3n) is 4.91. The Kier molecular flexibility index (Phi) is 7.72. The molecule has 0 saturated carbocycles. The lowest BCUT2D eigenvalue weighted by molar-refractivity contribution is 0.0991. The first-order valence-corrected chi connectivity index (χ1v) is 13.1. The maximum absolute atomic E-state index is 12.7. The lowest BCUT2D eigenvalue weighted by atomic mass is 10.2. The number of benzene rings is 1. The van der Waals surface area contributed by atoms with Crippen LogP contribution in [0, 0.1) is 0 Å². The van der Waals surface area contributed by atoms with Crippen molar-refractivity contribution in [3.05, 3.63) is 42.2 Å². The van der Waals surface area contributed by atoms with Crippen molar-refractivity contribution in [2.75, 3.05) is 32.1 Å². The van der Waals surface area contributed by atoms with Crippen LogP contribution in [0.5, 0.6) is 0 Å². The number of ether oxygens (including phenoxy) is 1. The Hall–Kier alpha value is -2.25. The van der Waals surface area contributed by atoms with Crippen LogP contribution in [0.4, 0.5) is 5.69 Å². The maximum Gasteiger partial charge on any atom is 0.291 e. The summed E-state index contributed by atoms with van der Waals surface area (Å²) in [6.07, 6.45) is 2.57. The number of anilines is 1. The topological polar surface area (TPSA) is 135 Å². The lowest BCUT2D eigenvalue weighted by Gasteiger charge is -2.24. The van der Waals surface area contributed by atoms with Gasteiger partial charge in [0.05, 0.1) is 11.5 Å². The zero-order valence-corrected chi connectivity index (χ0v) is 19.5. The molecule has 0 spiro atoms. The van der Waals surface area contributed by atoms with E-state index >= 15 is 0 Å². The van der Waals surface area contributed by atoms with Gasteiger partial charge >= 0.3 is 0 Å². The summed E-state index contributed by atoms with van der Waals surface area (Å²) in [5.74, 6) is -0.806. The van der Waals surface area contributed by atoms with Crippen molar-refractivity contribution >= 4 is 31.6 Å². The van der Waals surface area contributed by atoms with Crippen LogP contribution in [0.3, 0.4) is 0 Å². The second kappa shape index (κ2) is 10.1. The Morgan fingerprint density at radius 2 is 1.72 bits per heavy atom. The molecule has 1 aromatic heterocycles. The zero-order chi connectivity index (χ0) is 23.4. The third-order valence-corrected chi connectivity index (χ3v) is 8.29. The normalized spacial score (nSPS) is 16.6. The summed E-state index contributed by atoms with van der Waals surface area (Å²) in [6, 6.07) is 7.73. The molecule has 1 aliphatic heterocycles. The molecule has 2 heterocycles. The minimum atomic E-state index is -3.78. The van der Waals surface area contributed by atoms with Crippen LogP contribution in [-0.2, 0) is 24.8 Å². The molecule has 2 N–H and O–H groups in total. The van der Waals surface area contributed by atoms with Crippen molar-refractivity contribution in [3.63, 3.8) is 0 Å². The van der Waals surface area contributed by atoms with Gasteiger partial charge in [-0.15, -0.1) is 0 Å². The molecule has 0 bridgehead atoms. The highest BCUT2D eigenvalue weighted by Gasteiger charge is 2.29. The standard InChI is InChI=1S/C20H27N3O7S2/c1-15(14-29-2)22-31(25,26)17-8-6-16(7-9-17)21-20(24)18-10-11-19(30-18)32(27,28)23-12-4-3-5-13-23/h6-11,15,22H,3-5,12-14H2,1-2H3,(H,21,24). The second-order valence-electron chi connectivity index (χ2n) is 7.54. The van der Waals surface area contributed by atoms with Gasteiger partial charge in [0.1, 0.15) is 0 Å². The van der Waals surface area contributed by atoms with Gasteiger partial charge in [-0.05, 0) is 56.2 Å². The molecule has 1 saturated heterocycles. The molecule has 32 heavy (non-hydrogen) atoms. The number of nitrogens with zero attached hydrogens (tertiary/aromatic N) is 1. The zero-order valence-electron chi connectivity index (χ0n) is 17.9. The molecule has 0 aliphatic carbocycles. The number of sulfonamides is 2. The number of furan rings is 1. The Morgan fingerprint density at radius 1 is 1.06 bits per heavy atom. The first kappa shape index (κ1) is 24.4. The Balaban J connectivity index is 1.66. The highest BCUT2D eigenvalue weighted by Crippen LogP contribution is 2.23. The molecule has 2 aromatic rings. The summed E-state index contributed by atoms with van der Waals surface area (Å²) in [5, 5.41) is 2.29. The van der Waals surface area contributed by atoms with Gasteiger partial charge in [0.2, 0.25) is 15.1 Å². The minimum absolute atomic E-state index is 0.0337. The number of nitrogens with one attached hydrogen (secondary N) is 2. The van der Waals surface area contributed by atoms with Gasteiger partial charge in [-0.3, -0.25) is 4.79 Å². The van der Waals surface area contributed by atoms with Crippen LogP contribution in [0.2, 0.25) is 0 Å². The molecule has 1 aromatic carbocycles. The van der Waals surface area contributed by atoms with Gasteiger partial charge in [0.25, 0.3) is 15.9 Å². The van der Waals surface area contributed by atoms with E-state index < -0.39 is 32.0 Å². The van der Waals surface area contributed by atoms with Crippen molar-refractivity contribution in [3.8, 4) is 0 Å². The predicted molar refractivity (Wildman–Crippen MR) is 117 cm³/mol. The molecule has 176 valence electrons. The SMILES string of the molecule is COCC(C)NS(=O)(=O)c1ccc(NC(=O)c2ccc(S(=O)(=O)N3CCCCC3)o2)cc1. The van der Waals surface area contributed by atoms with Crippen molar-refractivity contribution in [2.45, 2.75) is 42.2 Å². The summed E-state index contributed by atoms with van der Waals surface area (Å²) in [4.78, 5) is 12.5. The van der Waals surface area contributed by atoms with Crippen LogP contribution >= 0.6 is 0 Å². The molecular weight excluding hydrogens is 458 g/mol. The van der Waals surface area contributed by atoms with Crippen LogP contribution < -0.4 is 10.0 Å². The van der Waals surface area contributed by atoms with Crippen LogP contribution in [-0.4, -0.2) is 59.9 Å². The fraction of sp³-hybridized carbons (Fsp3) is 0.450. The number of hydrogen-bond acceptors (Lipinski definition) is 7. The van der Waals surface area contributed by atoms with E-state index in [-0.39, 0.29) is 22.4 Å². The van der Waals surface area contributed by atoms with Gasteiger partial charge < -0.3 is 14.5 Å². The minimum Gasteiger partial charge on any atom is -0.438 e. The average Bonchev–Trinajstić information content (AvgIpc) is 3.26. The predicted octanol–water partition coefficient (Wildman–Crippen LogP) is 2.02. The number of carbonyl (C=O) groups is 1. The van der Waals surface area contributed by atoms with Crippen LogP contribution in [0.15, 0.2) is 50.8 Å². The van der Waals surface area contributed by atoms with E-state index in [1.807, 2.05) is 0 Å². The van der Waals surface area contributed by atoms with Crippen molar-refractivity contribution in [1.82, 2.24) is 9.03 Å². The summed E-state index contributed by atoms with van der Waals surface area (Å²) in [7, 11) is -6.04. The van der Waals surface area contributed by atoms with E-state index in [9.17, 15) is 21.6 Å². The molecule has 1 unspecified atom stereocenters. The quantitative estimate of drug-likeness (QED) is 0.555. The van der Waals surface area contributed by atoms with Crippen molar-refractivity contribution < 1.29 is 30.8 Å². The number of carbonyl (C=O) groups excluding carboxylic acids is 1. The molecule has 1 fully saturated rings. The molecule has 3 rings (SSSR count). The van der Waals surface area contributed by atoms with E-state index in [1.165, 1.54) is 47.8 Å². The highest BCUT2D eigenvalue weighted by molar-refractivity contribution is 7.89. The van der Waals surface area contributed by atoms with Crippen LogP contribution in [0.25, 0.3) is 0 Å². The Bertz CT molecular complexity index is 1140. The highest BCUT2D eigenvalue weighted by atomic mass is 32.2. The average molecular weight is 486 g/mol. The first-order chi connectivity index (χ1) is 15.1. The number of hydrogen-bond donors (Lipinski definition) is 2. The van der Waals surface area contributed by atoms with Gasteiger partial charge in [0, 0.05) is 31.9 Å². The molecule has 1 amide bonds. The molecule has 1 atom stereocenters. The second-order valence-corrected chi connectivity index (χ2v) is 11.1. The Morgan fingerprint density at radius 3 is 2.34 bits per heavy atom. The number of methoxy groups -OCH3 is 1. The smallest absolute Gasteiger partial charge is 0.291 e. The maximum atomic E-state index is 12.7. The van der Waals surface area contributed by atoms with E-state index in [0.29, 0.717) is 18.8 Å². The van der Waals surface area contributed by atoms with Gasteiger partial charge in [0.15, 0.2) is 5.76 Å². The van der Waals surface area contributed by atoms with Gasteiger partial charge in [-0.1, -0.05) is 6.42 Å². The van der Waals surface area contributed by atoms with Crippen LogP contribution in [0.1, 0.15) is 36.7 Å². The molecule has 1 aliphatic rings. The molecular formula is C20H27N3O7S2. The summed E-state index contributed by atoms with van der Waals surface area (Å²) >= 11 is 0. The van der Waals surface area contributed by atoms with Gasteiger partial charge in [-0.25, -0.2) is 21.6 Å². The monoisotopic (exact) mass is 485 g/mol. The first-order valence-electron chi connectivity index (χ1n) is 10.2. The molecule has 10 nitrogen and oxygen atoms in total. The summed E-state index contributed by atoms with van der Waals surface area (Å²) < 4.78 is 64.2. The van der Waals surface area contributed by atoms with E-state index in [0.717, 1.165) is 19.3 Å². The summed E-state index contributed by atoms with van der Waals surface area (Å²) in [5.41, 5.74) is 0.329. The number of piperidine rings is 1. The number of rotatable bonds is 9. The fourth-order valence-electron chi connectivity index (χ4n) is 3.34. The third kappa shape index (κ3) is 5.75. The fourth-order valence-corrected chi connectivity index (χ4v) is 6.00. The van der Waals surface area contributed by atoms with E-state index in [2.05, 4.69) is 10.0 Å². The van der Waals surface area contributed by atoms with E-state index in [4.69, 9.17) is 9.15 Å². The number of amides is 1. The molecule has 12 heteroatoms. The Labute approximate surface area is 188 Å². The van der Waals surface area contributed by atoms with Gasteiger partial charge in [-0.2, -0.15) is 4.31 Å². The van der Waals surface area contributed by atoms with Crippen molar-refractivity contribution in [1.29, 1.82) is 0 Å². The lowest BCUT2D eigenvalue weighted by Crippen LogP contribution is -2.35. The largest absolute Gasteiger partial charge is 0.438 e.